The van der Waals surface area contributed by atoms with Gasteiger partial charge in [-0.3, -0.25) is 0 Å². The van der Waals surface area contributed by atoms with Crippen LogP contribution in [0, 0.1) is 5.82 Å². The lowest BCUT2D eigenvalue weighted by Gasteiger charge is -2.07. The number of halogens is 1. The van der Waals surface area contributed by atoms with Crippen LogP contribution in [0.3, 0.4) is 0 Å². The summed E-state index contributed by atoms with van der Waals surface area (Å²) in [6.07, 6.45) is 3.06. The van der Waals surface area contributed by atoms with Gasteiger partial charge in [0.25, 0.3) is 0 Å². The highest BCUT2D eigenvalue weighted by molar-refractivity contribution is 5.81. The summed E-state index contributed by atoms with van der Waals surface area (Å²) < 4.78 is 19.0. The number of rotatable bonds is 5. The van der Waals surface area contributed by atoms with Crippen LogP contribution in [-0.4, -0.2) is 21.4 Å². The Kier molecular flexibility index (Phi) is 4.20. The Morgan fingerprint density at radius 2 is 1.95 bits per heavy atom. The maximum Gasteiger partial charge on any atom is 0.245 e. The number of aromatic nitrogens is 3. The molecule has 0 bridgehead atoms. The third kappa shape index (κ3) is 3.54. The van der Waals surface area contributed by atoms with Gasteiger partial charge in [0.2, 0.25) is 5.95 Å². The van der Waals surface area contributed by atoms with E-state index in [-0.39, 0.29) is 12.4 Å². The molecule has 1 N–H and O–H groups in total. The van der Waals surface area contributed by atoms with E-state index in [0.29, 0.717) is 17.3 Å². The highest BCUT2D eigenvalue weighted by Crippen LogP contribution is 2.15. The zero-order chi connectivity index (χ0) is 15.2. The molecule has 3 aromatic rings. The molecule has 0 amide bonds. The summed E-state index contributed by atoms with van der Waals surface area (Å²) in [4.78, 5) is 8.02. The third-order valence-electron chi connectivity index (χ3n) is 2.97. The molecule has 1 heterocycles. The van der Waals surface area contributed by atoms with Gasteiger partial charge in [0.1, 0.15) is 24.5 Å². The SMILES string of the molecule is Fc1ccccc1COc1ccc(/C=N/c2ncn[nH]2)cc1. The lowest BCUT2D eigenvalue weighted by atomic mass is 10.2. The van der Waals surface area contributed by atoms with Crippen molar-refractivity contribution >= 4 is 12.2 Å². The average Bonchev–Trinajstić information content (AvgIpc) is 3.07. The summed E-state index contributed by atoms with van der Waals surface area (Å²) in [5, 5.41) is 6.35. The van der Waals surface area contributed by atoms with Crippen LogP contribution in [-0.2, 0) is 6.61 Å². The van der Waals surface area contributed by atoms with Gasteiger partial charge >= 0.3 is 0 Å². The van der Waals surface area contributed by atoms with Crippen LogP contribution in [0.15, 0.2) is 59.9 Å². The van der Waals surface area contributed by atoms with E-state index in [1.165, 1.54) is 12.4 Å². The van der Waals surface area contributed by atoms with Crippen molar-refractivity contribution in [3.8, 4) is 5.75 Å². The Hall–Kier alpha value is -3.02. The minimum Gasteiger partial charge on any atom is -0.489 e. The van der Waals surface area contributed by atoms with Gasteiger partial charge in [0.15, 0.2) is 0 Å². The molecule has 5 nitrogen and oxygen atoms in total. The first kappa shape index (κ1) is 13.9. The second-order valence-electron chi connectivity index (χ2n) is 4.52. The number of aromatic amines is 1. The van der Waals surface area contributed by atoms with Crippen LogP contribution in [0.4, 0.5) is 10.3 Å². The van der Waals surface area contributed by atoms with Gasteiger partial charge in [-0.1, -0.05) is 18.2 Å². The number of hydrogen-bond acceptors (Lipinski definition) is 4. The van der Waals surface area contributed by atoms with Gasteiger partial charge in [-0.25, -0.2) is 14.5 Å². The third-order valence-corrected chi connectivity index (χ3v) is 2.97. The van der Waals surface area contributed by atoms with Gasteiger partial charge < -0.3 is 4.74 Å². The number of nitrogens with one attached hydrogen (secondary N) is 1. The normalized spacial score (nSPS) is 11.0. The Bertz CT molecular complexity index is 754. The maximum absolute atomic E-state index is 13.5. The van der Waals surface area contributed by atoms with Gasteiger partial charge in [-0.2, -0.15) is 10.1 Å². The number of hydrogen-bond donors (Lipinski definition) is 1. The first-order chi connectivity index (χ1) is 10.8. The van der Waals surface area contributed by atoms with Crippen LogP contribution in [0.25, 0.3) is 0 Å². The second kappa shape index (κ2) is 6.62. The Balaban J connectivity index is 1.61. The predicted molar refractivity (Wildman–Crippen MR) is 80.8 cm³/mol. The molecule has 0 saturated heterocycles. The van der Waals surface area contributed by atoms with Crippen LogP contribution >= 0.6 is 0 Å². The molecule has 3 rings (SSSR count). The van der Waals surface area contributed by atoms with Crippen LogP contribution in [0.5, 0.6) is 5.75 Å². The van der Waals surface area contributed by atoms with Crippen molar-refractivity contribution in [2.45, 2.75) is 6.61 Å². The van der Waals surface area contributed by atoms with Crippen molar-refractivity contribution in [1.82, 2.24) is 15.2 Å². The fraction of sp³-hybridized carbons (Fsp3) is 0.0625. The van der Waals surface area contributed by atoms with E-state index >= 15 is 0 Å². The van der Waals surface area contributed by atoms with E-state index in [1.54, 1.807) is 24.4 Å². The summed E-state index contributed by atoms with van der Waals surface area (Å²) in [6, 6.07) is 13.9. The van der Waals surface area contributed by atoms with Crippen LogP contribution in [0.2, 0.25) is 0 Å². The highest BCUT2D eigenvalue weighted by Gasteiger charge is 2.01. The molecule has 0 spiro atoms. The van der Waals surface area contributed by atoms with E-state index in [2.05, 4.69) is 20.2 Å². The monoisotopic (exact) mass is 296 g/mol. The summed E-state index contributed by atoms with van der Waals surface area (Å²) >= 11 is 0. The van der Waals surface area contributed by atoms with E-state index < -0.39 is 0 Å². The fourth-order valence-electron chi connectivity index (χ4n) is 1.82. The molecule has 0 fully saturated rings. The number of nitrogens with zero attached hydrogens (tertiary/aromatic N) is 3. The molecule has 110 valence electrons. The molecular weight excluding hydrogens is 283 g/mol. The smallest absolute Gasteiger partial charge is 0.245 e. The fourth-order valence-corrected chi connectivity index (χ4v) is 1.82. The second-order valence-corrected chi connectivity index (χ2v) is 4.52. The van der Waals surface area contributed by atoms with E-state index in [1.807, 2.05) is 24.3 Å². The van der Waals surface area contributed by atoms with Crippen molar-refractivity contribution in [2.75, 3.05) is 0 Å². The molecule has 0 unspecified atom stereocenters. The first-order valence-electron chi connectivity index (χ1n) is 6.67. The maximum atomic E-state index is 13.5. The van der Waals surface area contributed by atoms with Crippen molar-refractivity contribution < 1.29 is 9.13 Å². The summed E-state index contributed by atoms with van der Waals surface area (Å²) in [6.45, 7) is 0.193. The summed E-state index contributed by atoms with van der Waals surface area (Å²) in [7, 11) is 0. The first-order valence-corrected chi connectivity index (χ1v) is 6.67. The molecule has 0 saturated carbocycles. The molecule has 6 heteroatoms. The van der Waals surface area contributed by atoms with Gasteiger partial charge in [0, 0.05) is 11.8 Å². The van der Waals surface area contributed by atoms with E-state index in [4.69, 9.17) is 4.74 Å². The molecule has 1 aromatic heterocycles. The summed E-state index contributed by atoms with van der Waals surface area (Å²) in [5.74, 6) is 0.846. The molecule has 0 aliphatic carbocycles. The molecular formula is C16H13FN4O. The van der Waals surface area contributed by atoms with Crippen molar-refractivity contribution in [2.24, 2.45) is 4.99 Å². The Labute approximate surface area is 126 Å². The lowest BCUT2D eigenvalue weighted by molar-refractivity contribution is 0.300. The number of H-pyrrole nitrogens is 1. The van der Waals surface area contributed by atoms with Crippen LogP contribution < -0.4 is 4.74 Å². The average molecular weight is 296 g/mol. The Morgan fingerprint density at radius 3 is 2.68 bits per heavy atom. The van der Waals surface area contributed by atoms with E-state index in [9.17, 15) is 4.39 Å². The quantitative estimate of drug-likeness (QED) is 0.735. The van der Waals surface area contributed by atoms with Gasteiger partial charge in [-0.15, -0.1) is 0 Å². The van der Waals surface area contributed by atoms with Crippen molar-refractivity contribution in [1.29, 1.82) is 0 Å². The number of ether oxygens (including phenoxy) is 1. The highest BCUT2D eigenvalue weighted by atomic mass is 19.1. The van der Waals surface area contributed by atoms with Gasteiger partial charge in [0.05, 0.1) is 0 Å². The standard InChI is InChI=1S/C16H13FN4O/c17-15-4-2-1-3-13(15)10-22-14-7-5-12(6-8-14)9-18-16-19-11-20-21-16/h1-9,11H,10H2,(H,19,20,21)/b18-9+. The Morgan fingerprint density at radius 1 is 1.14 bits per heavy atom. The molecule has 22 heavy (non-hydrogen) atoms. The number of benzene rings is 2. The van der Waals surface area contributed by atoms with Crippen LogP contribution in [0.1, 0.15) is 11.1 Å². The molecule has 0 atom stereocenters. The van der Waals surface area contributed by atoms with Crippen molar-refractivity contribution in [3.05, 3.63) is 71.8 Å². The zero-order valence-electron chi connectivity index (χ0n) is 11.6. The number of aliphatic imine (C=N–C) groups is 1. The molecule has 0 aliphatic heterocycles. The largest absolute Gasteiger partial charge is 0.489 e. The van der Waals surface area contributed by atoms with E-state index in [0.717, 1.165) is 5.56 Å². The minimum atomic E-state index is -0.265. The zero-order valence-corrected chi connectivity index (χ0v) is 11.6. The topological polar surface area (TPSA) is 63.2 Å². The minimum absolute atomic E-state index is 0.193. The van der Waals surface area contributed by atoms with Crippen molar-refractivity contribution in [3.63, 3.8) is 0 Å². The summed E-state index contributed by atoms with van der Waals surface area (Å²) in [5.41, 5.74) is 1.42. The molecule has 2 aromatic carbocycles. The predicted octanol–water partition coefficient (Wildman–Crippen LogP) is 3.27. The molecule has 0 radical (unpaired) electrons. The lowest BCUT2D eigenvalue weighted by Crippen LogP contribution is -1.98. The van der Waals surface area contributed by atoms with Gasteiger partial charge in [-0.05, 0) is 35.9 Å². The molecule has 0 aliphatic rings.